The normalized spacial score (nSPS) is 15.1. The quantitative estimate of drug-likeness (QED) is 0.699. The van der Waals surface area contributed by atoms with Crippen molar-refractivity contribution in [1.29, 1.82) is 0 Å². The summed E-state index contributed by atoms with van der Waals surface area (Å²) in [6.07, 6.45) is -4.34. The van der Waals surface area contributed by atoms with Crippen molar-refractivity contribution in [3.8, 4) is 5.75 Å². The number of aryl methyl sites for hydroxylation is 1. The molecule has 0 atom stereocenters. The van der Waals surface area contributed by atoms with Gasteiger partial charge in [-0.15, -0.1) is 0 Å². The number of rotatable bonds is 8. The van der Waals surface area contributed by atoms with Gasteiger partial charge in [-0.2, -0.15) is 18.3 Å². The molecule has 6 nitrogen and oxygen atoms in total. The highest BCUT2D eigenvalue weighted by atomic mass is 19.4. The number of halogens is 3. The van der Waals surface area contributed by atoms with E-state index in [2.05, 4.69) is 24.1 Å². The molecule has 0 radical (unpaired) electrons. The molecule has 0 saturated carbocycles. The number of benzene rings is 1. The van der Waals surface area contributed by atoms with E-state index in [0.29, 0.717) is 32.2 Å². The highest BCUT2D eigenvalue weighted by Gasteiger charge is 2.28. The fourth-order valence-corrected chi connectivity index (χ4v) is 3.58. The lowest BCUT2D eigenvalue weighted by atomic mass is 10.0. The predicted molar refractivity (Wildman–Crippen MR) is 109 cm³/mol. The molecule has 1 fully saturated rings. The summed E-state index contributed by atoms with van der Waals surface area (Å²) in [6.45, 7) is 7.31. The van der Waals surface area contributed by atoms with Gasteiger partial charge >= 0.3 is 6.18 Å². The van der Waals surface area contributed by atoms with Gasteiger partial charge in [0.1, 0.15) is 11.6 Å². The van der Waals surface area contributed by atoms with Gasteiger partial charge < -0.3 is 19.7 Å². The van der Waals surface area contributed by atoms with Crippen LogP contribution in [0.2, 0.25) is 0 Å². The van der Waals surface area contributed by atoms with Gasteiger partial charge in [0.05, 0.1) is 18.9 Å². The molecule has 1 N–H and O–H groups in total. The lowest BCUT2D eigenvalue weighted by molar-refractivity contribution is -0.153. The van der Waals surface area contributed by atoms with Gasteiger partial charge in [-0.05, 0) is 23.6 Å². The molecule has 2 heterocycles. The smallest absolute Gasteiger partial charge is 0.422 e. The molecule has 9 heteroatoms. The Balaban J connectivity index is 1.64. The Morgan fingerprint density at radius 3 is 2.40 bits per heavy atom. The Hall–Kier alpha value is -2.26. The zero-order valence-electron chi connectivity index (χ0n) is 17.6. The van der Waals surface area contributed by atoms with Crippen molar-refractivity contribution in [3.05, 3.63) is 41.1 Å². The van der Waals surface area contributed by atoms with Gasteiger partial charge in [0, 0.05) is 38.8 Å². The van der Waals surface area contributed by atoms with E-state index in [-0.39, 0.29) is 5.75 Å². The standard InChI is InChI=1S/C21H29F3N4O2/c1-15(2)19-18(20(27(3)26-19)28-8-10-29-11-9-28)13-25-12-16-4-6-17(7-5-16)30-14-21(22,23)24/h4-7,15,25H,8-14H2,1-3H3. The average molecular weight is 426 g/mol. The fourth-order valence-electron chi connectivity index (χ4n) is 3.58. The third-order valence-corrected chi connectivity index (χ3v) is 4.96. The zero-order chi connectivity index (χ0) is 21.7. The van der Waals surface area contributed by atoms with Crippen LogP contribution in [0.5, 0.6) is 5.75 Å². The van der Waals surface area contributed by atoms with Crippen LogP contribution >= 0.6 is 0 Å². The van der Waals surface area contributed by atoms with E-state index in [9.17, 15) is 13.2 Å². The fraction of sp³-hybridized carbons (Fsp3) is 0.571. The van der Waals surface area contributed by atoms with Gasteiger partial charge in [-0.3, -0.25) is 4.68 Å². The average Bonchev–Trinajstić information content (AvgIpc) is 3.04. The zero-order valence-corrected chi connectivity index (χ0v) is 17.6. The van der Waals surface area contributed by atoms with Crippen LogP contribution in [0, 0.1) is 0 Å². The third kappa shape index (κ3) is 5.89. The Morgan fingerprint density at radius 1 is 1.13 bits per heavy atom. The number of nitrogens with zero attached hydrogens (tertiary/aromatic N) is 3. The molecule has 0 amide bonds. The molecule has 1 aliphatic heterocycles. The minimum atomic E-state index is -4.34. The summed E-state index contributed by atoms with van der Waals surface area (Å²) in [5.74, 6) is 1.62. The maximum absolute atomic E-state index is 12.3. The van der Waals surface area contributed by atoms with Crippen molar-refractivity contribution in [2.45, 2.75) is 39.0 Å². The van der Waals surface area contributed by atoms with Crippen molar-refractivity contribution < 1.29 is 22.6 Å². The van der Waals surface area contributed by atoms with E-state index in [1.807, 2.05) is 11.7 Å². The topological polar surface area (TPSA) is 51.5 Å². The first-order chi connectivity index (χ1) is 14.2. The third-order valence-electron chi connectivity index (χ3n) is 4.96. The molecule has 1 aliphatic rings. The number of morpholine rings is 1. The molecular weight excluding hydrogens is 397 g/mol. The Bertz CT molecular complexity index is 813. The van der Waals surface area contributed by atoms with Gasteiger partial charge in [-0.1, -0.05) is 26.0 Å². The van der Waals surface area contributed by atoms with Gasteiger partial charge in [0.25, 0.3) is 0 Å². The second kappa shape index (κ2) is 9.70. The van der Waals surface area contributed by atoms with Crippen LogP contribution in [-0.4, -0.2) is 48.9 Å². The highest BCUT2D eigenvalue weighted by molar-refractivity contribution is 5.51. The molecule has 166 valence electrons. The minimum Gasteiger partial charge on any atom is -0.484 e. The molecule has 3 rings (SSSR count). The van der Waals surface area contributed by atoms with Crippen LogP contribution in [0.3, 0.4) is 0 Å². The van der Waals surface area contributed by atoms with Crippen LogP contribution < -0.4 is 15.0 Å². The molecule has 0 bridgehead atoms. The molecule has 1 aromatic heterocycles. The van der Waals surface area contributed by atoms with Crippen molar-refractivity contribution >= 4 is 5.82 Å². The summed E-state index contributed by atoms with van der Waals surface area (Å²) in [4.78, 5) is 2.31. The van der Waals surface area contributed by atoms with Crippen molar-refractivity contribution in [1.82, 2.24) is 15.1 Å². The first-order valence-corrected chi connectivity index (χ1v) is 10.1. The summed E-state index contributed by atoms with van der Waals surface area (Å²) in [5.41, 5.74) is 3.22. The van der Waals surface area contributed by atoms with Crippen molar-refractivity contribution in [2.75, 3.05) is 37.8 Å². The molecular formula is C21H29F3N4O2. The largest absolute Gasteiger partial charge is 0.484 e. The first-order valence-electron chi connectivity index (χ1n) is 10.1. The van der Waals surface area contributed by atoms with Crippen LogP contribution in [-0.2, 0) is 24.9 Å². The number of alkyl halides is 3. The second-order valence-electron chi connectivity index (χ2n) is 7.72. The number of ether oxygens (including phenoxy) is 2. The van der Waals surface area contributed by atoms with E-state index in [1.54, 1.807) is 24.3 Å². The maximum atomic E-state index is 12.3. The second-order valence-corrected chi connectivity index (χ2v) is 7.72. The molecule has 1 aromatic carbocycles. The lowest BCUT2D eigenvalue weighted by Gasteiger charge is -2.29. The Morgan fingerprint density at radius 2 is 1.80 bits per heavy atom. The number of aromatic nitrogens is 2. The van der Waals surface area contributed by atoms with Crippen LogP contribution in [0.15, 0.2) is 24.3 Å². The van der Waals surface area contributed by atoms with Crippen molar-refractivity contribution in [3.63, 3.8) is 0 Å². The van der Waals surface area contributed by atoms with E-state index in [0.717, 1.165) is 30.2 Å². The SMILES string of the molecule is CC(C)c1nn(C)c(N2CCOCC2)c1CNCc1ccc(OCC(F)(F)F)cc1. The molecule has 0 aliphatic carbocycles. The van der Waals surface area contributed by atoms with Crippen LogP contribution in [0.1, 0.15) is 36.6 Å². The number of anilines is 1. The molecule has 2 aromatic rings. The number of hydrogen-bond acceptors (Lipinski definition) is 5. The highest BCUT2D eigenvalue weighted by Crippen LogP contribution is 2.29. The van der Waals surface area contributed by atoms with Gasteiger partial charge in [0.2, 0.25) is 0 Å². The molecule has 0 unspecified atom stereocenters. The first kappa shape index (κ1) is 22.4. The monoisotopic (exact) mass is 426 g/mol. The Labute approximate surface area is 175 Å². The van der Waals surface area contributed by atoms with E-state index in [4.69, 9.17) is 14.6 Å². The summed E-state index contributed by atoms with van der Waals surface area (Å²) in [6, 6.07) is 6.67. The van der Waals surface area contributed by atoms with Crippen LogP contribution in [0.25, 0.3) is 0 Å². The van der Waals surface area contributed by atoms with E-state index in [1.165, 1.54) is 5.56 Å². The molecule has 1 saturated heterocycles. The number of hydrogen-bond donors (Lipinski definition) is 1. The summed E-state index contributed by atoms with van der Waals surface area (Å²) in [5, 5.41) is 8.20. The Kier molecular flexibility index (Phi) is 7.25. The van der Waals surface area contributed by atoms with Crippen molar-refractivity contribution in [2.24, 2.45) is 7.05 Å². The predicted octanol–water partition coefficient (Wildman–Crippen LogP) is 3.61. The maximum Gasteiger partial charge on any atom is 0.422 e. The van der Waals surface area contributed by atoms with E-state index >= 15 is 0 Å². The molecule has 0 spiro atoms. The minimum absolute atomic E-state index is 0.208. The van der Waals surface area contributed by atoms with Gasteiger partial charge in [0.15, 0.2) is 6.61 Å². The van der Waals surface area contributed by atoms with E-state index < -0.39 is 12.8 Å². The lowest BCUT2D eigenvalue weighted by Crippen LogP contribution is -2.38. The summed E-state index contributed by atoms with van der Waals surface area (Å²) in [7, 11) is 1.97. The summed E-state index contributed by atoms with van der Waals surface area (Å²) >= 11 is 0. The van der Waals surface area contributed by atoms with Crippen LogP contribution in [0.4, 0.5) is 19.0 Å². The molecule has 30 heavy (non-hydrogen) atoms. The number of nitrogens with one attached hydrogen (secondary N) is 1. The summed E-state index contributed by atoms with van der Waals surface area (Å²) < 4.78 is 48.9. The van der Waals surface area contributed by atoms with Gasteiger partial charge in [-0.25, -0.2) is 0 Å².